The van der Waals surface area contributed by atoms with E-state index in [9.17, 15) is 9.59 Å². The van der Waals surface area contributed by atoms with E-state index in [4.69, 9.17) is 4.74 Å². The van der Waals surface area contributed by atoms with Crippen LogP contribution in [0, 0.1) is 0 Å². The van der Waals surface area contributed by atoms with Crippen molar-refractivity contribution in [3.05, 3.63) is 35.9 Å². The maximum atomic E-state index is 12.0. The van der Waals surface area contributed by atoms with Crippen LogP contribution < -0.4 is 10.6 Å². The van der Waals surface area contributed by atoms with E-state index in [0.717, 1.165) is 6.42 Å². The Kier molecular flexibility index (Phi) is 7.27. The highest BCUT2D eigenvalue weighted by Gasteiger charge is 2.32. The van der Waals surface area contributed by atoms with Crippen LogP contribution in [0.15, 0.2) is 35.3 Å². The Morgan fingerprint density at radius 1 is 1.42 bits per heavy atom. The highest BCUT2D eigenvalue weighted by molar-refractivity contribution is 8.15. The number of nitrogens with zero attached hydrogens (tertiary/aromatic N) is 1. The van der Waals surface area contributed by atoms with E-state index < -0.39 is 5.25 Å². The van der Waals surface area contributed by atoms with Crippen LogP contribution in [0.2, 0.25) is 0 Å². The molecule has 0 unspecified atom stereocenters. The van der Waals surface area contributed by atoms with Crippen molar-refractivity contribution in [2.24, 2.45) is 4.99 Å². The average molecular weight is 349 g/mol. The van der Waals surface area contributed by atoms with Crippen molar-refractivity contribution in [1.82, 2.24) is 10.6 Å². The van der Waals surface area contributed by atoms with Gasteiger partial charge in [0.15, 0.2) is 5.17 Å². The number of hydrogen-bond acceptors (Lipinski definition) is 5. The molecule has 0 radical (unpaired) electrons. The van der Waals surface area contributed by atoms with Crippen LogP contribution >= 0.6 is 11.8 Å². The summed E-state index contributed by atoms with van der Waals surface area (Å²) in [6, 6.07) is 9.93. The number of methoxy groups -OCH3 is 1. The molecule has 1 aromatic rings. The lowest BCUT2D eigenvalue weighted by atomic mass is 10.1. The summed E-state index contributed by atoms with van der Waals surface area (Å²) in [6.45, 7) is 2.96. The summed E-state index contributed by atoms with van der Waals surface area (Å²) in [4.78, 5) is 28.3. The number of carbonyl (C=O) groups is 2. The van der Waals surface area contributed by atoms with Crippen molar-refractivity contribution < 1.29 is 14.3 Å². The number of carbonyl (C=O) groups excluding carboxylic acids is 2. The molecule has 1 aromatic carbocycles. The van der Waals surface area contributed by atoms with E-state index >= 15 is 0 Å². The van der Waals surface area contributed by atoms with Crippen molar-refractivity contribution in [2.75, 3.05) is 20.3 Å². The average Bonchev–Trinajstić information content (AvgIpc) is 2.88. The van der Waals surface area contributed by atoms with Gasteiger partial charge in [-0.25, -0.2) is 0 Å². The quantitative estimate of drug-likeness (QED) is 0.743. The second-order valence-electron chi connectivity index (χ2n) is 5.62. The Hall–Kier alpha value is -1.86. The molecule has 0 aromatic heterocycles. The van der Waals surface area contributed by atoms with Crippen LogP contribution in [0.1, 0.15) is 18.9 Å². The fourth-order valence-corrected chi connectivity index (χ4v) is 3.38. The van der Waals surface area contributed by atoms with Crippen LogP contribution in [0.5, 0.6) is 0 Å². The molecule has 2 N–H and O–H groups in total. The third kappa shape index (κ3) is 5.98. The van der Waals surface area contributed by atoms with Crippen LogP contribution in [0.4, 0.5) is 0 Å². The molecule has 2 atom stereocenters. The summed E-state index contributed by atoms with van der Waals surface area (Å²) in [6.07, 6.45) is 0.931. The summed E-state index contributed by atoms with van der Waals surface area (Å²) in [5, 5.41) is 5.72. The second-order valence-corrected chi connectivity index (χ2v) is 6.82. The number of aliphatic imine (C=N–C) groups is 1. The number of nitrogens with one attached hydrogen (secondary N) is 2. The molecule has 1 heterocycles. The summed E-state index contributed by atoms with van der Waals surface area (Å²) >= 11 is 1.30. The summed E-state index contributed by atoms with van der Waals surface area (Å²) < 4.78 is 5.02. The zero-order valence-electron chi connectivity index (χ0n) is 14.0. The molecule has 2 rings (SSSR count). The summed E-state index contributed by atoms with van der Waals surface area (Å²) in [7, 11) is 1.61. The van der Waals surface area contributed by atoms with Gasteiger partial charge in [0, 0.05) is 20.1 Å². The van der Waals surface area contributed by atoms with Gasteiger partial charge in [0.1, 0.15) is 5.25 Å². The van der Waals surface area contributed by atoms with Crippen molar-refractivity contribution in [3.8, 4) is 0 Å². The Morgan fingerprint density at radius 3 is 2.88 bits per heavy atom. The largest absolute Gasteiger partial charge is 0.382 e. The predicted octanol–water partition coefficient (Wildman–Crippen LogP) is 1.36. The van der Waals surface area contributed by atoms with Gasteiger partial charge in [0.25, 0.3) is 0 Å². The van der Waals surface area contributed by atoms with E-state index in [1.807, 2.05) is 37.3 Å². The van der Waals surface area contributed by atoms with Gasteiger partial charge in [0.05, 0.1) is 12.6 Å². The van der Waals surface area contributed by atoms with Gasteiger partial charge in [-0.3, -0.25) is 14.6 Å². The van der Waals surface area contributed by atoms with Gasteiger partial charge in [-0.15, -0.1) is 0 Å². The first-order chi connectivity index (χ1) is 11.6. The molecule has 1 fully saturated rings. The number of rotatable bonds is 8. The van der Waals surface area contributed by atoms with Crippen LogP contribution in [0.25, 0.3) is 0 Å². The van der Waals surface area contributed by atoms with Gasteiger partial charge in [-0.05, 0) is 18.9 Å². The lowest BCUT2D eigenvalue weighted by Crippen LogP contribution is -2.32. The maximum absolute atomic E-state index is 12.0. The number of thioether (sulfide) groups is 1. The van der Waals surface area contributed by atoms with Gasteiger partial charge >= 0.3 is 0 Å². The fraction of sp³-hybridized carbons (Fsp3) is 0.471. The fourth-order valence-electron chi connectivity index (χ4n) is 2.31. The maximum Gasteiger partial charge on any atom is 0.240 e. The molecule has 0 aliphatic carbocycles. The minimum Gasteiger partial charge on any atom is -0.382 e. The minimum absolute atomic E-state index is 0.0313. The van der Waals surface area contributed by atoms with E-state index in [2.05, 4.69) is 15.6 Å². The van der Waals surface area contributed by atoms with Crippen LogP contribution in [-0.2, 0) is 20.7 Å². The van der Waals surface area contributed by atoms with Crippen molar-refractivity contribution in [3.63, 3.8) is 0 Å². The molecule has 130 valence electrons. The molecule has 1 aliphatic heterocycles. The van der Waals surface area contributed by atoms with Gasteiger partial charge in [-0.2, -0.15) is 0 Å². The van der Waals surface area contributed by atoms with E-state index in [1.165, 1.54) is 17.3 Å². The monoisotopic (exact) mass is 349 g/mol. The number of amides is 2. The Bertz CT molecular complexity index is 592. The third-order valence-electron chi connectivity index (χ3n) is 3.47. The molecule has 1 saturated heterocycles. The standard InChI is InChI=1S/C17H23N3O3S/c1-12(11-23-2)19-17-20-16(22)14(24-17)10-15(21)18-9-8-13-6-4-3-5-7-13/h3-7,12,14H,8-11H2,1-2H3,(H,18,21)(H,19,20,22)/t12-,14-/m0/s1. The lowest BCUT2D eigenvalue weighted by Gasteiger charge is -2.07. The molecule has 0 saturated carbocycles. The van der Waals surface area contributed by atoms with Gasteiger partial charge in [0.2, 0.25) is 11.8 Å². The molecule has 0 bridgehead atoms. The van der Waals surface area contributed by atoms with E-state index in [0.29, 0.717) is 18.3 Å². The zero-order valence-corrected chi connectivity index (χ0v) is 14.8. The SMILES string of the molecule is COC[C@H](C)N=C1NC(=O)[C@H](CC(=O)NCCc2ccccc2)S1. The minimum atomic E-state index is -0.421. The molecule has 24 heavy (non-hydrogen) atoms. The first-order valence-corrected chi connectivity index (χ1v) is 8.81. The first kappa shape index (κ1) is 18.5. The number of benzene rings is 1. The lowest BCUT2D eigenvalue weighted by molar-refractivity contribution is -0.125. The molecular formula is C17H23N3O3S. The zero-order chi connectivity index (χ0) is 17.4. The molecule has 7 heteroatoms. The second kappa shape index (κ2) is 9.44. The number of amidine groups is 1. The van der Waals surface area contributed by atoms with Crippen molar-refractivity contribution >= 4 is 28.7 Å². The van der Waals surface area contributed by atoms with Crippen LogP contribution in [-0.4, -0.2) is 48.5 Å². The van der Waals surface area contributed by atoms with Gasteiger partial charge < -0.3 is 15.4 Å². The van der Waals surface area contributed by atoms with Crippen molar-refractivity contribution in [1.29, 1.82) is 0 Å². The van der Waals surface area contributed by atoms with Gasteiger partial charge in [-0.1, -0.05) is 42.1 Å². The Morgan fingerprint density at radius 2 is 2.17 bits per heavy atom. The summed E-state index contributed by atoms with van der Waals surface area (Å²) in [5.41, 5.74) is 1.17. The molecule has 2 amide bonds. The topological polar surface area (TPSA) is 79.8 Å². The van der Waals surface area contributed by atoms with E-state index in [1.54, 1.807) is 7.11 Å². The molecule has 6 nitrogen and oxygen atoms in total. The molecular weight excluding hydrogens is 326 g/mol. The van der Waals surface area contributed by atoms with Crippen molar-refractivity contribution in [2.45, 2.75) is 31.1 Å². The van der Waals surface area contributed by atoms with Crippen LogP contribution in [0.3, 0.4) is 0 Å². The Balaban J connectivity index is 1.74. The summed E-state index contributed by atoms with van der Waals surface area (Å²) in [5.74, 6) is -0.286. The molecule has 0 spiro atoms. The Labute approximate surface area is 146 Å². The highest BCUT2D eigenvalue weighted by atomic mass is 32.2. The molecule has 1 aliphatic rings. The normalized spacial score (nSPS) is 20.0. The highest BCUT2D eigenvalue weighted by Crippen LogP contribution is 2.22. The smallest absolute Gasteiger partial charge is 0.240 e. The van der Waals surface area contributed by atoms with E-state index in [-0.39, 0.29) is 24.3 Å². The first-order valence-electron chi connectivity index (χ1n) is 7.93. The third-order valence-corrected chi connectivity index (χ3v) is 4.57. The predicted molar refractivity (Wildman–Crippen MR) is 96.1 cm³/mol. The number of ether oxygens (including phenoxy) is 1. The number of hydrogen-bond donors (Lipinski definition) is 2.